The summed E-state index contributed by atoms with van der Waals surface area (Å²) >= 11 is 3.21. The Labute approximate surface area is 211 Å². The molecule has 0 aliphatic carbocycles. The normalized spacial score (nSPS) is 13.1. The molecule has 0 fully saturated rings. The van der Waals surface area contributed by atoms with Crippen molar-refractivity contribution in [2.24, 2.45) is 0 Å². The van der Waals surface area contributed by atoms with Crippen LogP contribution in [0.15, 0.2) is 82.2 Å². The Morgan fingerprint density at radius 2 is 1.74 bits per heavy atom. The Kier molecular flexibility index (Phi) is 7.27. The number of amides is 3. The minimum Gasteiger partial charge on any atom is -0.454 e. The lowest BCUT2D eigenvalue weighted by molar-refractivity contribution is -0.120. The maximum Gasteiger partial charge on any atom is 0.329 e. The van der Waals surface area contributed by atoms with Gasteiger partial charge in [-0.1, -0.05) is 52.3 Å². The highest BCUT2D eigenvalue weighted by Crippen LogP contribution is 2.35. The van der Waals surface area contributed by atoms with Crippen LogP contribution in [0.4, 0.5) is 10.5 Å². The summed E-state index contributed by atoms with van der Waals surface area (Å²) < 4.78 is 38.5. The first kappa shape index (κ1) is 24.6. The molecule has 0 saturated heterocycles. The second kappa shape index (κ2) is 10.4. The van der Waals surface area contributed by atoms with Gasteiger partial charge in [0.25, 0.3) is 10.0 Å². The minimum atomic E-state index is -4.15. The first-order chi connectivity index (χ1) is 16.7. The Bertz CT molecular complexity index is 1350. The molecule has 3 aromatic carbocycles. The van der Waals surface area contributed by atoms with Gasteiger partial charge in [-0.15, -0.1) is 0 Å². The highest BCUT2D eigenvalue weighted by molar-refractivity contribution is 9.10. The fraction of sp³-hybridized carbons (Fsp3) is 0.167. The first-order valence-electron chi connectivity index (χ1n) is 10.5. The van der Waals surface area contributed by atoms with E-state index in [9.17, 15) is 18.0 Å². The number of likely N-dealkylation sites (N-methyl/N-ethyl adjacent to an activating group) is 1. The molecule has 9 nitrogen and oxygen atoms in total. The Balaban J connectivity index is 1.54. The van der Waals surface area contributed by atoms with E-state index in [2.05, 4.69) is 21.2 Å². The lowest BCUT2D eigenvalue weighted by Gasteiger charge is -2.25. The summed E-state index contributed by atoms with van der Waals surface area (Å²) in [5.41, 5.74) is 1.32. The molecule has 3 amide bonds. The van der Waals surface area contributed by atoms with E-state index in [0.717, 1.165) is 5.56 Å². The summed E-state index contributed by atoms with van der Waals surface area (Å²) in [5.74, 6) is 0.640. The van der Waals surface area contributed by atoms with Crippen molar-refractivity contribution in [2.75, 3.05) is 18.7 Å². The zero-order valence-corrected chi connectivity index (χ0v) is 21.0. The van der Waals surface area contributed by atoms with Crippen molar-refractivity contribution in [3.8, 4) is 11.5 Å². The van der Waals surface area contributed by atoms with Crippen molar-refractivity contribution in [1.82, 2.24) is 10.0 Å². The minimum absolute atomic E-state index is 0.0922. The standard InChI is InChI=1S/C24H22BrN3O6S/c1-28(18-10-11-21-22(14-18)34-15-33-21)23(29)20(12-16-6-3-2-4-7-16)26-24(30)27-35(31,32)19-9-5-8-17(25)13-19/h2-11,13-14,20H,12,15H2,1H3,(H2,26,27,30). The first-order valence-corrected chi connectivity index (χ1v) is 12.8. The number of fused-ring (bicyclic) bond motifs is 1. The number of rotatable bonds is 7. The van der Waals surface area contributed by atoms with Crippen LogP contribution in [0.3, 0.4) is 0 Å². The maximum absolute atomic E-state index is 13.4. The van der Waals surface area contributed by atoms with Gasteiger partial charge in [-0.25, -0.2) is 17.9 Å². The van der Waals surface area contributed by atoms with Crippen LogP contribution in [0.5, 0.6) is 11.5 Å². The number of ether oxygens (including phenoxy) is 2. The van der Waals surface area contributed by atoms with E-state index < -0.39 is 28.0 Å². The summed E-state index contributed by atoms with van der Waals surface area (Å²) in [7, 11) is -2.59. The van der Waals surface area contributed by atoms with Gasteiger partial charge in [0, 0.05) is 29.7 Å². The van der Waals surface area contributed by atoms with Crippen molar-refractivity contribution in [1.29, 1.82) is 0 Å². The van der Waals surface area contributed by atoms with Gasteiger partial charge in [-0.05, 0) is 35.9 Å². The monoisotopic (exact) mass is 559 g/mol. The van der Waals surface area contributed by atoms with Crippen molar-refractivity contribution < 1.29 is 27.5 Å². The zero-order valence-electron chi connectivity index (χ0n) is 18.6. The number of sulfonamides is 1. The maximum atomic E-state index is 13.4. The molecule has 1 atom stereocenters. The molecular formula is C24H22BrN3O6S. The van der Waals surface area contributed by atoms with E-state index in [1.165, 1.54) is 17.0 Å². The molecule has 1 aliphatic heterocycles. The van der Waals surface area contributed by atoms with Crippen LogP contribution in [0.25, 0.3) is 0 Å². The van der Waals surface area contributed by atoms with Gasteiger partial charge in [-0.3, -0.25) is 4.79 Å². The van der Waals surface area contributed by atoms with Crippen LogP contribution in [-0.4, -0.2) is 40.2 Å². The summed E-state index contributed by atoms with van der Waals surface area (Å²) in [4.78, 5) is 27.4. The molecule has 0 saturated carbocycles. The second-order valence-electron chi connectivity index (χ2n) is 7.71. The van der Waals surface area contributed by atoms with Gasteiger partial charge in [0.05, 0.1) is 4.90 Å². The topological polar surface area (TPSA) is 114 Å². The Morgan fingerprint density at radius 1 is 1.00 bits per heavy atom. The lowest BCUT2D eigenvalue weighted by Crippen LogP contribution is -2.52. The number of carbonyl (C=O) groups excluding carboxylic acids is 2. The van der Waals surface area contributed by atoms with Crippen LogP contribution in [0, 0.1) is 0 Å². The lowest BCUT2D eigenvalue weighted by atomic mass is 10.0. The zero-order chi connectivity index (χ0) is 25.0. The third kappa shape index (κ3) is 5.92. The number of anilines is 1. The van der Waals surface area contributed by atoms with Gasteiger partial charge in [0.1, 0.15) is 6.04 Å². The van der Waals surface area contributed by atoms with E-state index >= 15 is 0 Å². The predicted molar refractivity (Wildman–Crippen MR) is 133 cm³/mol. The van der Waals surface area contributed by atoms with Gasteiger partial charge in [-0.2, -0.15) is 0 Å². The highest BCUT2D eigenvalue weighted by Gasteiger charge is 2.28. The fourth-order valence-corrected chi connectivity index (χ4v) is 5.02. The highest BCUT2D eigenvalue weighted by atomic mass is 79.9. The number of urea groups is 1. The van der Waals surface area contributed by atoms with Gasteiger partial charge < -0.3 is 19.7 Å². The van der Waals surface area contributed by atoms with Gasteiger partial charge in [0.15, 0.2) is 11.5 Å². The molecule has 0 aromatic heterocycles. The summed E-state index contributed by atoms with van der Waals surface area (Å²) in [6.45, 7) is 0.0985. The van der Waals surface area contributed by atoms with E-state index in [1.807, 2.05) is 35.1 Å². The van der Waals surface area contributed by atoms with Crippen molar-refractivity contribution in [3.05, 3.63) is 82.8 Å². The molecule has 11 heteroatoms. The smallest absolute Gasteiger partial charge is 0.329 e. The van der Waals surface area contributed by atoms with Crippen LogP contribution in [-0.2, 0) is 21.2 Å². The molecule has 0 spiro atoms. The number of nitrogens with zero attached hydrogens (tertiary/aromatic N) is 1. The molecule has 2 N–H and O–H groups in total. The largest absolute Gasteiger partial charge is 0.454 e. The summed E-state index contributed by atoms with van der Waals surface area (Å²) in [6.07, 6.45) is 0.152. The van der Waals surface area contributed by atoms with Crippen LogP contribution in [0.2, 0.25) is 0 Å². The third-order valence-electron chi connectivity index (χ3n) is 5.29. The van der Waals surface area contributed by atoms with E-state index in [-0.39, 0.29) is 18.1 Å². The third-order valence-corrected chi connectivity index (χ3v) is 7.12. The fourth-order valence-electron chi connectivity index (χ4n) is 3.51. The van der Waals surface area contributed by atoms with Crippen molar-refractivity contribution >= 4 is 43.6 Å². The molecule has 0 bridgehead atoms. The van der Waals surface area contributed by atoms with Crippen molar-refractivity contribution in [3.63, 3.8) is 0 Å². The number of carbonyl (C=O) groups is 2. The average Bonchev–Trinajstić information content (AvgIpc) is 3.31. The molecule has 4 rings (SSSR count). The van der Waals surface area contributed by atoms with Crippen LogP contribution < -0.4 is 24.4 Å². The molecule has 0 radical (unpaired) electrons. The van der Waals surface area contributed by atoms with Crippen molar-refractivity contribution in [2.45, 2.75) is 17.4 Å². The molecule has 182 valence electrons. The summed E-state index contributed by atoms with van der Waals surface area (Å²) in [5, 5.41) is 2.52. The van der Waals surface area contributed by atoms with Crippen LogP contribution >= 0.6 is 15.9 Å². The number of halogens is 1. The number of benzene rings is 3. The number of hydrogen-bond donors (Lipinski definition) is 2. The van der Waals surface area contributed by atoms with Gasteiger partial charge in [0.2, 0.25) is 12.7 Å². The SMILES string of the molecule is CN(C(=O)C(Cc1ccccc1)NC(=O)NS(=O)(=O)c1cccc(Br)c1)c1ccc2c(c1)OCO2. The quantitative estimate of drug-likeness (QED) is 0.458. The number of hydrogen-bond acceptors (Lipinski definition) is 6. The molecule has 35 heavy (non-hydrogen) atoms. The van der Waals surface area contributed by atoms with Gasteiger partial charge >= 0.3 is 6.03 Å². The Hall–Kier alpha value is -3.57. The molecule has 3 aromatic rings. The van der Waals surface area contributed by atoms with E-state index in [1.54, 1.807) is 37.4 Å². The average molecular weight is 560 g/mol. The van der Waals surface area contributed by atoms with E-state index in [0.29, 0.717) is 21.7 Å². The van der Waals surface area contributed by atoms with Crippen LogP contribution in [0.1, 0.15) is 5.56 Å². The second-order valence-corrected chi connectivity index (χ2v) is 10.3. The molecular weight excluding hydrogens is 538 g/mol. The molecule has 1 aliphatic rings. The predicted octanol–water partition coefficient (Wildman–Crippen LogP) is 3.44. The molecule has 1 heterocycles. The Morgan fingerprint density at radius 3 is 2.49 bits per heavy atom. The number of nitrogens with one attached hydrogen (secondary N) is 2. The summed E-state index contributed by atoms with van der Waals surface area (Å²) in [6, 6.07) is 18.0. The molecule has 1 unspecified atom stereocenters. The van der Waals surface area contributed by atoms with E-state index in [4.69, 9.17) is 9.47 Å².